The topological polar surface area (TPSA) is 57.2 Å². The number of hydrogen-bond acceptors (Lipinski definition) is 3. The number of halogens is 1. The van der Waals surface area contributed by atoms with Gasteiger partial charge in [-0.25, -0.2) is 0 Å². The van der Waals surface area contributed by atoms with E-state index < -0.39 is 0 Å². The van der Waals surface area contributed by atoms with E-state index in [0.717, 1.165) is 38.5 Å². The van der Waals surface area contributed by atoms with Gasteiger partial charge in [0.25, 0.3) is 0 Å². The van der Waals surface area contributed by atoms with Crippen LogP contribution in [-0.4, -0.2) is 72.6 Å². The molecule has 2 heterocycles. The summed E-state index contributed by atoms with van der Waals surface area (Å²) in [5.41, 5.74) is -0.206. The molecule has 1 atom stereocenters. The quantitative estimate of drug-likeness (QED) is 0.405. The molecule has 2 aliphatic heterocycles. The molecule has 1 unspecified atom stereocenters. The first kappa shape index (κ1) is 21.5. The van der Waals surface area contributed by atoms with Gasteiger partial charge in [-0.3, -0.25) is 9.79 Å². The summed E-state index contributed by atoms with van der Waals surface area (Å²) in [6.45, 7) is 11.2. The number of guanidine groups is 1. The largest absolute Gasteiger partial charge is 0.376 e. The van der Waals surface area contributed by atoms with Crippen LogP contribution in [0.2, 0.25) is 0 Å². The number of amides is 1. The Balaban J connectivity index is 0.00000288. The number of hydrogen-bond donors (Lipinski definition) is 1. The molecule has 0 aromatic rings. The second-order valence-electron chi connectivity index (χ2n) is 7.44. The van der Waals surface area contributed by atoms with Crippen LogP contribution in [0.25, 0.3) is 0 Å². The summed E-state index contributed by atoms with van der Waals surface area (Å²) in [4.78, 5) is 21.0. The van der Waals surface area contributed by atoms with Crippen LogP contribution in [-0.2, 0) is 9.53 Å². The molecule has 0 bridgehead atoms. The molecule has 0 radical (unpaired) electrons. The average Bonchev–Trinajstić information content (AvgIpc) is 2.46. The molecule has 7 heteroatoms. The Bertz CT molecular complexity index is 448. The number of aliphatic imine (C=N–C) groups is 1. The van der Waals surface area contributed by atoms with Crippen molar-refractivity contribution in [1.82, 2.24) is 15.1 Å². The smallest absolute Gasteiger partial charge is 0.242 e. The van der Waals surface area contributed by atoms with Crippen LogP contribution >= 0.6 is 24.0 Å². The minimum absolute atomic E-state index is 0. The molecule has 2 rings (SSSR count). The van der Waals surface area contributed by atoms with Crippen molar-refractivity contribution in [2.75, 3.05) is 33.3 Å². The van der Waals surface area contributed by atoms with E-state index >= 15 is 0 Å². The van der Waals surface area contributed by atoms with E-state index in [0.29, 0.717) is 6.54 Å². The van der Waals surface area contributed by atoms with Crippen molar-refractivity contribution in [3.63, 3.8) is 0 Å². The van der Waals surface area contributed by atoms with Gasteiger partial charge >= 0.3 is 0 Å². The summed E-state index contributed by atoms with van der Waals surface area (Å²) in [6.07, 6.45) is 3.73. The van der Waals surface area contributed by atoms with Gasteiger partial charge in [0.05, 0.1) is 18.2 Å². The van der Waals surface area contributed by atoms with Crippen LogP contribution in [0, 0.1) is 0 Å². The number of nitrogens with one attached hydrogen (secondary N) is 1. The maximum Gasteiger partial charge on any atom is 0.242 e. The lowest BCUT2D eigenvalue weighted by molar-refractivity contribution is -0.145. The molecule has 0 saturated carbocycles. The van der Waals surface area contributed by atoms with E-state index in [9.17, 15) is 4.79 Å². The number of carbonyl (C=O) groups excluding carboxylic acids is 1. The standard InChI is InChI=1S/C17H32N4O2.HI/c1-13(2)21-15(22)11-20(12-17(21,3)4)16(18-5)19-10-14-8-6-7-9-23-14;/h13-14H,6-12H2,1-5H3,(H,18,19);1H. The summed E-state index contributed by atoms with van der Waals surface area (Å²) in [5.74, 6) is 0.956. The molecule has 1 N–H and O–H groups in total. The molecule has 6 nitrogen and oxygen atoms in total. The van der Waals surface area contributed by atoms with Crippen LogP contribution in [0.3, 0.4) is 0 Å². The molecular formula is C17H33IN4O2. The number of nitrogens with zero attached hydrogens (tertiary/aromatic N) is 3. The Morgan fingerprint density at radius 2 is 2.12 bits per heavy atom. The lowest BCUT2D eigenvalue weighted by Crippen LogP contribution is -2.66. The van der Waals surface area contributed by atoms with Gasteiger partial charge in [0.15, 0.2) is 5.96 Å². The zero-order valence-corrected chi connectivity index (χ0v) is 18.0. The molecular weight excluding hydrogens is 419 g/mol. The maximum absolute atomic E-state index is 12.6. The van der Waals surface area contributed by atoms with Gasteiger partial charge in [0.2, 0.25) is 5.91 Å². The van der Waals surface area contributed by atoms with Crippen molar-refractivity contribution in [2.45, 2.75) is 64.6 Å². The minimum Gasteiger partial charge on any atom is -0.376 e. The van der Waals surface area contributed by atoms with Gasteiger partial charge in [0.1, 0.15) is 0 Å². The highest BCUT2D eigenvalue weighted by Gasteiger charge is 2.40. The molecule has 2 fully saturated rings. The van der Waals surface area contributed by atoms with Crippen molar-refractivity contribution in [3.05, 3.63) is 0 Å². The Kier molecular flexibility index (Phi) is 8.25. The van der Waals surface area contributed by atoms with Crippen molar-refractivity contribution >= 4 is 35.8 Å². The number of carbonyl (C=O) groups is 1. The number of piperazine rings is 1. The average molecular weight is 452 g/mol. The van der Waals surface area contributed by atoms with Gasteiger partial charge in [-0.05, 0) is 47.0 Å². The third kappa shape index (κ3) is 5.21. The number of ether oxygens (including phenoxy) is 1. The summed E-state index contributed by atoms with van der Waals surface area (Å²) >= 11 is 0. The van der Waals surface area contributed by atoms with Crippen molar-refractivity contribution in [3.8, 4) is 0 Å². The first-order valence-corrected chi connectivity index (χ1v) is 8.74. The Labute approximate surface area is 163 Å². The molecule has 24 heavy (non-hydrogen) atoms. The minimum atomic E-state index is -0.206. The second-order valence-corrected chi connectivity index (χ2v) is 7.44. The van der Waals surface area contributed by atoms with Crippen LogP contribution in [0.5, 0.6) is 0 Å². The Morgan fingerprint density at radius 3 is 2.62 bits per heavy atom. The predicted octanol–water partition coefficient (Wildman–Crippen LogP) is 2.08. The summed E-state index contributed by atoms with van der Waals surface area (Å²) < 4.78 is 5.76. The van der Waals surface area contributed by atoms with Gasteiger partial charge in [-0.15, -0.1) is 24.0 Å². The fourth-order valence-corrected chi connectivity index (χ4v) is 3.82. The van der Waals surface area contributed by atoms with Gasteiger partial charge in [-0.1, -0.05) is 0 Å². The normalized spacial score (nSPS) is 24.8. The van der Waals surface area contributed by atoms with Gasteiger partial charge < -0.3 is 19.9 Å². The van der Waals surface area contributed by atoms with E-state index in [4.69, 9.17) is 4.74 Å². The third-order valence-electron chi connectivity index (χ3n) is 4.61. The Morgan fingerprint density at radius 1 is 1.42 bits per heavy atom. The highest BCUT2D eigenvalue weighted by atomic mass is 127. The first-order valence-electron chi connectivity index (χ1n) is 8.74. The van der Waals surface area contributed by atoms with E-state index in [1.807, 2.05) is 4.90 Å². The summed E-state index contributed by atoms with van der Waals surface area (Å²) in [7, 11) is 1.77. The van der Waals surface area contributed by atoms with Crippen LogP contribution < -0.4 is 5.32 Å². The third-order valence-corrected chi connectivity index (χ3v) is 4.61. The monoisotopic (exact) mass is 452 g/mol. The van der Waals surface area contributed by atoms with Gasteiger partial charge in [-0.2, -0.15) is 0 Å². The van der Waals surface area contributed by atoms with Crippen LogP contribution in [0.4, 0.5) is 0 Å². The SMILES string of the molecule is CN=C(NCC1CCCCO1)N1CC(=O)N(C(C)C)C(C)(C)C1.I. The van der Waals surface area contributed by atoms with E-state index in [1.165, 1.54) is 6.42 Å². The molecule has 1 amide bonds. The van der Waals surface area contributed by atoms with E-state index in [-0.39, 0.29) is 47.6 Å². The highest BCUT2D eigenvalue weighted by Crippen LogP contribution is 2.24. The molecule has 0 aliphatic carbocycles. The van der Waals surface area contributed by atoms with Crippen LogP contribution in [0.15, 0.2) is 4.99 Å². The van der Waals surface area contributed by atoms with Crippen molar-refractivity contribution in [2.24, 2.45) is 4.99 Å². The van der Waals surface area contributed by atoms with Crippen molar-refractivity contribution < 1.29 is 9.53 Å². The second kappa shape index (κ2) is 9.22. The molecule has 0 aromatic heterocycles. The van der Waals surface area contributed by atoms with Gasteiger partial charge in [0, 0.05) is 32.8 Å². The molecule has 0 aromatic carbocycles. The zero-order chi connectivity index (χ0) is 17.0. The highest BCUT2D eigenvalue weighted by molar-refractivity contribution is 14.0. The summed E-state index contributed by atoms with van der Waals surface area (Å²) in [5, 5.41) is 3.39. The Hall–Kier alpha value is -0.570. The summed E-state index contributed by atoms with van der Waals surface area (Å²) in [6, 6.07) is 0.213. The number of rotatable bonds is 3. The molecule has 140 valence electrons. The fraction of sp³-hybridized carbons (Fsp3) is 0.882. The lowest BCUT2D eigenvalue weighted by Gasteiger charge is -2.49. The lowest BCUT2D eigenvalue weighted by atomic mass is 9.96. The maximum atomic E-state index is 12.6. The van der Waals surface area contributed by atoms with Crippen molar-refractivity contribution in [1.29, 1.82) is 0 Å². The van der Waals surface area contributed by atoms with Crippen LogP contribution in [0.1, 0.15) is 47.0 Å². The van der Waals surface area contributed by atoms with E-state index in [1.54, 1.807) is 7.05 Å². The molecule has 0 spiro atoms. The zero-order valence-electron chi connectivity index (χ0n) is 15.7. The fourth-order valence-electron chi connectivity index (χ4n) is 3.82. The molecule has 2 aliphatic rings. The molecule has 2 saturated heterocycles. The predicted molar refractivity (Wildman–Crippen MR) is 108 cm³/mol. The first-order chi connectivity index (χ1) is 10.8. The van der Waals surface area contributed by atoms with E-state index in [2.05, 4.69) is 42.9 Å².